The molecule has 1 aliphatic heterocycles. The molecule has 68 valence electrons. The summed E-state index contributed by atoms with van der Waals surface area (Å²) in [7, 11) is 3.47. The molecule has 1 heterocycles. The van der Waals surface area contributed by atoms with E-state index in [0.717, 1.165) is 0 Å². The second-order valence-electron chi connectivity index (χ2n) is 3.24. The van der Waals surface area contributed by atoms with Crippen molar-refractivity contribution >= 4 is 55.3 Å². The number of hydrogen-bond acceptors (Lipinski definition) is 0. The molecule has 0 nitrogen and oxygen atoms in total. The topological polar surface area (TPSA) is 0 Å². The average molecular weight is 264 g/mol. The molecule has 0 aromatic heterocycles. The van der Waals surface area contributed by atoms with Crippen molar-refractivity contribution in [3.63, 3.8) is 0 Å². The van der Waals surface area contributed by atoms with Gasteiger partial charge in [0.1, 0.15) is 0 Å². The molecule has 0 aromatic rings. The van der Waals surface area contributed by atoms with E-state index in [-0.39, 0.29) is 7.47 Å². The van der Waals surface area contributed by atoms with Crippen molar-refractivity contribution in [1.82, 2.24) is 0 Å². The first-order valence-corrected chi connectivity index (χ1v) is 14.8. The summed E-state index contributed by atoms with van der Waals surface area (Å²) in [6.45, 7) is 0. The molecule has 0 saturated carbocycles. The Labute approximate surface area is 85.7 Å². The van der Waals surface area contributed by atoms with E-state index in [9.17, 15) is 0 Å². The molecule has 3 atom stereocenters. The maximum atomic E-state index is 5.67. The molecule has 11 heavy (non-hydrogen) atoms. The summed E-state index contributed by atoms with van der Waals surface area (Å²) >= 11 is 10.9. The summed E-state index contributed by atoms with van der Waals surface area (Å²) < 4.78 is 0. The van der Waals surface area contributed by atoms with Crippen LogP contribution in [0.15, 0.2) is 0 Å². The molecule has 0 N–H and O–H groups in total. The van der Waals surface area contributed by atoms with Gasteiger partial charge in [-0.3, -0.25) is 0 Å². The Morgan fingerprint density at radius 1 is 1.64 bits per heavy atom. The third kappa shape index (κ3) is 3.58. The summed E-state index contributed by atoms with van der Waals surface area (Å²) in [5.41, 5.74) is 0. The van der Waals surface area contributed by atoms with Crippen LogP contribution in [0.5, 0.6) is 0 Å². The first kappa shape index (κ1) is 11.5. The molecule has 6 heteroatoms. The van der Waals surface area contributed by atoms with E-state index < -0.39 is 6.15 Å². The zero-order chi connectivity index (χ0) is 8.32. The minimum atomic E-state index is -1.43. The molecule has 1 aliphatic rings. The fourth-order valence-electron chi connectivity index (χ4n) is 1.52. The molecule has 2 radical (unpaired) electrons. The molecule has 1 fully saturated rings. The molecule has 0 spiro atoms. The first-order valence-electron chi connectivity index (χ1n) is 3.98. The van der Waals surface area contributed by atoms with Gasteiger partial charge in [-0.1, -0.05) is 0 Å². The van der Waals surface area contributed by atoms with Crippen LogP contribution in [0.25, 0.3) is 0 Å². The summed E-state index contributed by atoms with van der Waals surface area (Å²) in [6, 6.07) is 0. The maximum absolute atomic E-state index is 5.67. The Morgan fingerprint density at radius 2 is 2.36 bits per heavy atom. The van der Waals surface area contributed by atoms with E-state index in [4.69, 9.17) is 24.5 Å². The zero-order valence-electron chi connectivity index (χ0n) is 6.53. The fourth-order valence-corrected chi connectivity index (χ4v) is 24.2. The molecule has 3 unspecified atom stereocenters. The Morgan fingerprint density at radius 3 is 2.82 bits per heavy atom. The van der Waals surface area contributed by atoms with E-state index in [0.29, 0.717) is 7.92 Å². The molecule has 1 rings (SSSR count). The SMILES string of the molecule is PCCP1CC[PH2-]([S])([PH2+][S])C1. The van der Waals surface area contributed by atoms with Crippen molar-refractivity contribution < 1.29 is 0 Å². The normalized spacial score (nSPS) is 33.2. The van der Waals surface area contributed by atoms with Crippen LogP contribution in [0.1, 0.15) is 0 Å². The first-order chi connectivity index (χ1) is 5.20. The number of hydrogen-bond donors (Lipinski definition) is 0. The second kappa shape index (κ2) is 5.34. The van der Waals surface area contributed by atoms with Crippen molar-refractivity contribution in [1.29, 1.82) is 0 Å². The van der Waals surface area contributed by atoms with Crippen LogP contribution in [0.3, 0.4) is 0 Å². The summed E-state index contributed by atoms with van der Waals surface area (Å²) in [5, 5.41) is 0. The van der Waals surface area contributed by atoms with Gasteiger partial charge in [-0.2, -0.15) is 0 Å². The summed E-state index contributed by atoms with van der Waals surface area (Å²) in [4.78, 5) is 0. The Hall–Kier alpha value is 2.42. The van der Waals surface area contributed by atoms with E-state index >= 15 is 0 Å². The van der Waals surface area contributed by atoms with E-state index in [1.54, 1.807) is 0 Å². The van der Waals surface area contributed by atoms with Gasteiger partial charge in [0.25, 0.3) is 0 Å². The number of rotatable bonds is 3. The van der Waals surface area contributed by atoms with Gasteiger partial charge in [0, 0.05) is 0 Å². The Balaban J connectivity index is 2.33. The standard InChI is InChI=1S/C5H16P4S2/c6-1-2-8-3-4-9(11,5-8)7-10/h1-7,9H2. The fraction of sp³-hybridized carbons (Fsp3) is 1.00. The molecule has 0 amide bonds. The zero-order valence-corrected chi connectivity index (χ0v) is 12.5. The van der Waals surface area contributed by atoms with Crippen molar-refractivity contribution in [2.45, 2.75) is 0 Å². The van der Waals surface area contributed by atoms with E-state index in [1.807, 2.05) is 0 Å². The molecular weight excluding hydrogens is 248 g/mol. The van der Waals surface area contributed by atoms with Gasteiger partial charge >= 0.3 is 85.8 Å². The van der Waals surface area contributed by atoms with Crippen molar-refractivity contribution in [2.24, 2.45) is 0 Å². The molecule has 1 saturated heterocycles. The third-order valence-corrected chi connectivity index (χ3v) is 25.4. The van der Waals surface area contributed by atoms with Crippen LogP contribution >= 0.6 is 55.3 Å². The van der Waals surface area contributed by atoms with Gasteiger partial charge < -0.3 is 0 Å². The molecule has 0 aliphatic carbocycles. The van der Waals surface area contributed by atoms with Crippen LogP contribution < -0.4 is 0 Å². The molecular formula is C5H16P4S2. The van der Waals surface area contributed by atoms with Gasteiger partial charge in [0.2, 0.25) is 0 Å². The van der Waals surface area contributed by atoms with Crippen LogP contribution in [0.2, 0.25) is 0 Å². The van der Waals surface area contributed by atoms with Crippen LogP contribution in [-0.4, -0.2) is 30.6 Å². The Kier molecular flexibility index (Phi) is 5.58. The average Bonchev–Trinajstić information content (AvgIpc) is 2.35. The predicted octanol–water partition coefficient (Wildman–Crippen LogP) is 3.35. The Bertz CT molecular complexity index is 134. The second-order valence-corrected chi connectivity index (χ2v) is 22.2. The summed E-state index contributed by atoms with van der Waals surface area (Å²) in [5.74, 6) is 1.46. The molecule has 0 bridgehead atoms. The van der Waals surface area contributed by atoms with Crippen LogP contribution in [-0.2, 0) is 0 Å². The van der Waals surface area contributed by atoms with Gasteiger partial charge in [-0.05, 0) is 0 Å². The minimum absolute atomic E-state index is 0.274. The van der Waals surface area contributed by atoms with Crippen molar-refractivity contribution in [3.05, 3.63) is 0 Å². The van der Waals surface area contributed by atoms with Crippen LogP contribution in [0, 0.1) is 0 Å². The van der Waals surface area contributed by atoms with Gasteiger partial charge in [-0.15, -0.1) is 0 Å². The third-order valence-electron chi connectivity index (χ3n) is 2.19. The molecule has 0 aromatic carbocycles. The van der Waals surface area contributed by atoms with Gasteiger partial charge in [0.05, 0.1) is 0 Å². The van der Waals surface area contributed by atoms with Crippen molar-refractivity contribution in [2.75, 3.05) is 30.6 Å². The van der Waals surface area contributed by atoms with Gasteiger partial charge in [-0.25, -0.2) is 0 Å². The van der Waals surface area contributed by atoms with E-state index in [1.165, 1.54) is 30.6 Å². The van der Waals surface area contributed by atoms with Crippen molar-refractivity contribution in [3.8, 4) is 0 Å². The summed E-state index contributed by atoms with van der Waals surface area (Å²) in [6.07, 6.45) is 4.17. The predicted molar refractivity (Wildman–Crippen MR) is 75.6 cm³/mol. The van der Waals surface area contributed by atoms with Gasteiger partial charge in [0.15, 0.2) is 0 Å². The quantitative estimate of drug-likeness (QED) is 0.686. The van der Waals surface area contributed by atoms with E-state index in [2.05, 4.69) is 9.24 Å². The van der Waals surface area contributed by atoms with Crippen LogP contribution in [0.4, 0.5) is 0 Å². The monoisotopic (exact) mass is 264 g/mol.